The van der Waals surface area contributed by atoms with E-state index in [9.17, 15) is 9.59 Å². The summed E-state index contributed by atoms with van der Waals surface area (Å²) >= 11 is 24.7. The van der Waals surface area contributed by atoms with Crippen LogP contribution in [0.3, 0.4) is 0 Å². The second-order valence-corrected chi connectivity index (χ2v) is 10.2. The maximum atomic E-state index is 13.7. The first-order valence-corrected chi connectivity index (χ1v) is 12.7. The van der Waals surface area contributed by atoms with Gasteiger partial charge in [0.05, 0.1) is 16.5 Å². The first-order valence-electron chi connectivity index (χ1n) is 11.2. The highest BCUT2D eigenvalue weighted by atomic mass is 35.5. The van der Waals surface area contributed by atoms with Crippen molar-refractivity contribution in [2.75, 3.05) is 0 Å². The second-order valence-electron chi connectivity index (χ2n) is 8.55. The van der Waals surface area contributed by atoms with Gasteiger partial charge in [0.15, 0.2) is 0 Å². The Morgan fingerprint density at radius 1 is 0.829 bits per heavy atom. The average molecular weight is 552 g/mol. The van der Waals surface area contributed by atoms with E-state index in [1.807, 2.05) is 44.2 Å². The molecule has 0 saturated heterocycles. The summed E-state index contributed by atoms with van der Waals surface area (Å²) in [7, 11) is 0. The summed E-state index contributed by atoms with van der Waals surface area (Å²) in [5.74, 6) is -0.486. The summed E-state index contributed by atoms with van der Waals surface area (Å²) in [6.07, 6.45) is 0.360. The van der Waals surface area contributed by atoms with E-state index in [0.717, 1.165) is 11.1 Å². The second kappa shape index (κ2) is 12.6. The molecule has 0 heterocycles. The fourth-order valence-corrected chi connectivity index (χ4v) is 4.49. The molecule has 3 aromatic carbocycles. The van der Waals surface area contributed by atoms with Crippen molar-refractivity contribution in [3.63, 3.8) is 0 Å². The van der Waals surface area contributed by atoms with Gasteiger partial charge in [0.1, 0.15) is 6.04 Å². The molecule has 1 atom stereocenters. The first-order chi connectivity index (χ1) is 16.6. The fraction of sp³-hybridized carbons (Fsp3) is 0.259. The van der Waals surface area contributed by atoms with Gasteiger partial charge in [-0.3, -0.25) is 9.59 Å². The number of amides is 2. The molecule has 1 unspecified atom stereocenters. The Bertz CT molecular complexity index is 1190. The Labute approximate surface area is 226 Å². The molecule has 0 saturated carbocycles. The summed E-state index contributed by atoms with van der Waals surface area (Å²) in [5.41, 5.74) is 2.32. The molecule has 0 bridgehead atoms. The topological polar surface area (TPSA) is 49.4 Å². The van der Waals surface area contributed by atoms with E-state index in [1.54, 1.807) is 41.3 Å². The van der Waals surface area contributed by atoms with E-state index in [0.29, 0.717) is 32.1 Å². The predicted molar refractivity (Wildman–Crippen MR) is 144 cm³/mol. The van der Waals surface area contributed by atoms with Crippen LogP contribution in [0.1, 0.15) is 30.5 Å². The van der Waals surface area contributed by atoms with Crippen LogP contribution in [0.2, 0.25) is 20.1 Å². The molecule has 0 fully saturated rings. The summed E-state index contributed by atoms with van der Waals surface area (Å²) < 4.78 is 0. The van der Waals surface area contributed by atoms with Crippen LogP contribution in [-0.2, 0) is 29.0 Å². The Hall–Kier alpha value is -2.24. The van der Waals surface area contributed by atoms with E-state index in [4.69, 9.17) is 46.4 Å². The van der Waals surface area contributed by atoms with E-state index < -0.39 is 6.04 Å². The van der Waals surface area contributed by atoms with Crippen LogP contribution in [0.5, 0.6) is 0 Å². The minimum Gasteiger partial charge on any atom is -0.352 e. The van der Waals surface area contributed by atoms with Gasteiger partial charge in [-0.25, -0.2) is 0 Å². The Morgan fingerprint density at radius 3 is 2.17 bits per heavy atom. The quantitative estimate of drug-likeness (QED) is 0.311. The van der Waals surface area contributed by atoms with Crippen molar-refractivity contribution in [3.05, 3.63) is 104 Å². The molecule has 4 nitrogen and oxygen atoms in total. The van der Waals surface area contributed by atoms with Crippen molar-refractivity contribution >= 4 is 58.2 Å². The molecule has 0 radical (unpaired) electrons. The number of benzene rings is 3. The largest absolute Gasteiger partial charge is 0.352 e. The van der Waals surface area contributed by atoms with Crippen molar-refractivity contribution in [1.29, 1.82) is 0 Å². The summed E-state index contributed by atoms with van der Waals surface area (Å²) in [5, 5.41) is 4.64. The number of carbonyl (C=O) groups excluding carboxylic acids is 2. The van der Waals surface area contributed by atoms with E-state index >= 15 is 0 Å². The number of rotatable bonds is 9. The number of carbonyl (C=O) groups is 2. The molecule has 3 rings (SSSR count). The molecule has 1 N–H and O–H groups in total. The predicted octanol–water partition coefficient (Wildman–Crippen LogP) is 7.01. The van der Waals surface area contributed by atoms with Crippen LogP contribution in [0.4, 0.5) is 0 Å². The van der Waals surface area contributed by atoms with Gasteiger partial charge in [0.25, 0.3) is 0 Å². The van der Waals surface area contributed by atoms with Gasteiger partial charge in [-0.15, -0.1) is 0 Å². The number of nitrogens with one attached hydrogen (secondary N) is 1. The van der Waals surface area contributed by atoms with Crippen LogP contribution in [-0.4, -0.2) is 28.8 Å². The summed E-state index contributed by atoms with van der Waals surface area (Å²) in [6.45, 7) is 3.94. The van der Waals surface area contributed by atoms with Crippen LogP contribution in [0.15, 0.2) is 66.7 Å². The standard InChI is InChI=1S/C27H26Cl4N2O2/c1-17(2)32-27(35)25(13-18-6-4-3-5-7-18)33(16-19-8-11-22(29)24(31)12-19)26(34)14-20-9-10-21(28)15-23(20)30/h3-12,15,17,25H,13-14,16H2,1-2H3,(H,32,35). The highest BCUT2D eigenvalue weighted by Gasteiger charge is 2.31. The van der Waals surface area contributed by atoms with Gasteiger partial charge < -0.3 is 10.2 Å². The van der Waals surface area contributed by atoms with Gasteiger partial charge in [-0.1, -0.05) is 88.9 Å². The normalized spacial score (nSPS) is 11.9. The van der Waals surface area contributed by atoms with E-state index in [2.05, 4.69) is 5.32 Å². The van der Waals surface area contributed by atoms with Crippen molar-refractivity contribution in [2.24, 2.45) is 0 Å². The minimum atomic E-state index is -0.757. The summed E-state index contributed by atoms with van der Waals surface area (Å²) in [4.78, 5) is 28.7. The molecule has 0 aliphatic rings. The molecule has 0 aliphatic carbocycles. The van der Waals surface area contributed by atoms with Gasteiger partial charge in [0, 0.05) is 29.1 Å². The molecular formula is C27H26Cl4N2O2. The third-order valence-corrected chi connectivity index (χ3v) is 6.72. The van der Waals surface area contributed by atoms with Gasteiger partial charge in [-0.05, 0) is 54.8 Å². The molecule has 35 heavy (non-hydrogen) atoms. The number of hydrogen-bond donors (Lipinski definition) is 1. The molecule has 2 amide bonds. The molecule has 0 spiro atoms. The van der Waals surface area contributed by atoms with Crippen molar-refractivity contribution in [3.8, 4) is 0 Å². The van der Waals surface area contributed by atoms with Crippen LogP contribution >= 0.6 is 46.4 Å². The van der Waals surface area contributed by atoms with Crippen LogP contribution < -0.4 is 5.32 Å². The molecule has 8 heteroatoms. The van der Waals surface area contributed by atoms with Gasteiger partial charge >= 0.3 is 0 Å². The molecular weight excluding hydrogens is 526 g/mol. The lowest BCUT2D eigenvalue weighted by Gasteiger charge is -2.32. The van der Waals surface area contributed by atoms with Gasteiger partial charge in [0.2, 0.25) is 11.8 Å². The zero-order valence-corrected chi connectivity index (χ0v) is 22.4. The average Bonchev–Trinajstić information content (AvgIpc) is 2.80. The van der Waals surface area contributed by atoms with E-state index in [1.165, 1.54) is 0 Å². The highest BCUT2D eigenvalue weighted by molar-refractivity contribution is 6.42. The molecule has 0 aliphatic heterocycles. The zero-order chi connectivity index (χ0) is 25.5. The van der Waals surface area contributed by atoms with Crippen molar-refractivity contribution in [1.82, 2.24) is 10.2 Å². The molecule has 184 valence electrons. The minimum absolute atomic E-state index is 0.0115. The fourth-order valence-electron chi connectivity index (χ4n) is 3.70. The Morgan fingerprint density at radius 2 is 1.54 bits per heavy atom. The highest BCUT2D eigenvalue weighted by Crippen LogP contribution is 2.26. The Kier molecular flexibility index (Phi) is 9.88. The third-order valence-electron chi connectivity index (χ3n) is 5.40. The van der Waals surface area contributed by atoms with Crippen molar-refractivity contribution in [2.45, 2.75) is 45.3 Å². The molecule has 0 aromatic heterocycles. The maximum Gasteiger partial charge on any atom is 0.243 e. The zero-order valence-electron chi connectivity index (χ0n) is 19.4. The van der Waals surface area contributed by atoms with Crippen LogP contribution in [0.25, 0.3) is 0 Å². The number of hydrogen-bond acceptors (Lipinski definition) is 2. The van der Waals surface area contributed by atoms with Gasteiger partial charge in [-0.2, -0.15) is 0 Å². The lowest BCUT2D eigenvalue weighted by molar-refractivity contribution is -0.141. The Balaban J connectivity index is 2.00. The monoisotopic (exact) mass is 550 g/mol. The SMILES string of the molecule is CC(C)NC(=O)C(Cc1ccccc1)N(Cc1ccc(Cl)c(Cl)c1)C(=O)Cc1ccc(Cl)cc1Cl. The molecule has 3 aromatic rings. The number of nitrogens with zero attached hydrogens (tertiary/aromatic N) is 1. The van der Waals surface area contributed by atoms with Crippen LogP contribution in [0, 0.1) is 0 Å². The lowest BCUT2D eigenvalue weighted by Crippen LogP contribution is -2.52. The van der Waals surface area contributed by atoms with E-state index in [-0.39, 0.29) is 30.8 Å². The lowest BCUT2D eigenvalue weighted by atomic mass is 10.0. The first kappa shape index (κ1) is 27.3. The third kappa shape index (κ3) is 7.88. The maximum absolute atomic E-state index is 13.7. The number of halogens is 4. The smallest absolute Gasteiger partial charge is 0.243 e. The summed E-state index contributed by atoms with van der Waals surface area (Å²) in [6, 6.07) is 18.9. The van der Waals surface area contributed by atoms with Crippen molar-refractivity contribution < 1.29 is 9.59 Å².